The molecule has 170 valence electrons. The number of aryl methyl sites for hydroxylation is 2. The van der Waals surface area contributed by atoms with Crippen molar-refractivity contribution in [3.05, 3.63) is 86.2 Å². The van der Waals surface area contributed by atoms with E-state index >= 15 is 0 Å². The molecule has 5 nitrogen and oxygen atoms in total. The molecule has 0 spiro atoms. The lowest BCUT2D eigenvalue weighted by Crippen LogP contribution is -2.26. The molecule has 0 aliphatic heterocycles. The zero-order chi connectivity index (χ0) is 23.9. The van der Waals surface area contributed by atoms with Crippen molar-refractivity contribution in [2.24, 2.45) is 0 Å². The molecule has 1 aromatic heterocycles. The number of benzene rings is 3. The van der Waals surface area contributed by atoms with Crippen molar-refractivity contribution in [1.29, 1.82) is 0 Å². The quantitative estimate of drug-likeness (QED) is 0.284. The number of anilines is 2. The Labute approximate surface area is 210 Å². The van der Waals surface area contributed by atoms with Crippen molar-refractivity contribution in [3.8, 4) is 0 Å². The Balaban J connectivity index is 1.62. The zero-order valence-electron chi connectivity index (χ0n) is 18.0. The van der Waals surface area contributed by atoms with Gasteiger partial charge in [0.2, 0.25) is 0 Å². The fraction of sp³-hybridized carbons (Fsp3) is 0.125. The van der Waals surface area contributed by atoms with Gasteiger partial charge in [0.1, 0.15) is 0 Å². The van der Waals surface area contributed by atoms with E-state index in [1.807, 2.05) is 32.0 Å². The number of hydrogen-bond donors (Lipinski definition) is 1. The van der Waals surface area contributed by atoms with Gasteiger partial charge in [-0.3, -0.25) is 9.10 Å². The van der Waals surface area contributed by atoms with Crippen molar-refractivity contribution >= 4 is 76.3 Å². The largest absolute Gasteiger partial charge is 0.321 e. The predicted molar refractivity (Wildman–Crippen MR) is 140 cm³/mol. The molecule has 0 unspecified atom stereocenters. The Morgan fingerprint density at radius 1 is 1.00 bits per heavy atom. The fourth-order valence-electron chi connectivity index (χ4n) is 3.52. The monoisotopic (exact) mass is 562 g/mol. The number of sulfonamides is 1. The van der Waals surface area contributed by atoms with Crippen LogP contribution >= 0.6 is 38.9 Å². The maximum atomic E-state index is 13.0. The van der Waals surface area contributed by atoms with E-state index in [1.165, 1.54) is 34.8 Å². The van der Waals surface area contributed by atoms with E-state index in [9.17, 15) is 13.2 Å². The Hall–Kier alpha value is -2.39. The fourth-order valence-corrected chi connectivity index (χ4v) is 6.46. The second kappa shape index (κ2) is 9.10. The maximum Gasteiger partial charge on any atom is 0.265 e. The molecular weight excluding hydrogens is 544 g/mol. The van der Waals surface area contributed by atoms with Crippen molar-refractivity contribution in [2.75, 3.05) is 16.7 Å². The second-order valence-electron chi connectivity index (χ2n) is 7.63. The summed E-state index contributed by atoms with van der Waals surface area (Å²) in [6.45, 7) is 3.89. The molecule has 0 atom stereocenters. The van der Waals surface area contributed by atoms with Crippen LogP contribution in [0.25, 0.3) is 10.1 Å². The molecule has 4 aromatic rings. The molecule has 1 heterocycles. The number of hydrogen-bond acceptors (Lipinski definition) is 4. The number of carbonyl (C=O) groups excluding carboxylic acids is 1. The second-order valence-corrected chi connectivity index (χ2v) is 12.0. The lowest BCUT2D eigenvalue weighted by atomic mass is 10.1. The summed E-state index contributed by atoms with van der Waals surface area (Å²) in [5, 5.41) is 4.27. The standard InChI is InChI=1S/C24H20BrClN2O3S2/c1-14-10-17(25)11-15(2)23(14)27-24(29)22-13-16-12-19(6-9-21(16)32-22)28(3)33(30,31)20-7-4-18(26)5-8-20/h4-13H,1-3H3,(H,27,29). The number of nitrogens with zero attached hydrogens (tertiary/aromatic N) is 1. The average molecular weight is 564 g/mol. The van der Waals surface area contributed by atoms with Crippen LogP contribution < -0.4 is 9.62 Å². The van der Waals surface area contributed by atoms with Gasteiger partial charge in [-0.25, -0.2) is 8.42 Å². The lowest BCUT2D eigenvalue weighted by molar-refractivity contribution is 0.103. The highest BCUT2D eigenvalue weighted by atomic mass is 79.9. The summed E-state index contributed by atoms with van der Waals surface area (Å²) in [5.74, 6) is -0.201. The van der Waals surface area contributed by atoms with Crippen LogP contribution in [0.15, 0.2) is 70.0 Å². The number of halogens is 2. The van der Waals surface area contributed by atoms with Gasteiger partial charge in [-0.1, -0.05) is 27.5 Å². The van der Waals surface area contributed by atoms with Crippen LogP contribution in [0.5, 0.6) is 0 Å². The third kappa shape index (κ3) is 4.80. The molecule has 9 heteroatoms. The van der Waals surface area contributed by atoms with Crippen LogP contribution in [-0.2, 0) is 10.0 Å². The molecule has 0 saturated heterocycles. The normalized spacial score (nSPS) is 11.5. The minimum atomic E-state index is -3.75. The Morgan fingerprint density at radius 2 is 1.64 bits per heavy atom. The maximum absolute atomic E-state index is 13.0. The number of carbonyl (C=O) groups is 1. The summed E-state index contributed by atoms with van der Waals surface area (Å²) < 4.78 is 29.1. The summed E-state index contributed by atoms with van der Waals surface area (Å²) >= 11 is 10.7. The first-order valence-electron chi connectivity index (χ1n) is 9.92. The van der Waals surface area contributed by atoms with Gasteiger partial charge in [0.05, 0.1) is 15.5 Å². The first-order valence-corrected chi connectivity index (χ1v) is 13.4. The van der Waals surface area contributed by atoms with Crippen molar-refractivity contribution in [3.63, 3.8) is 0 Å². The zero-order valence-corrected chi connectivity index (χ0v) is 22.0. The third-order valence-electron chi connectivity index (χ3n) is 5.30. The SMILES string of the molecule is Cc1cc(Br)cc(C)c1NC(=O)c1cc2cc(N(C)S(=O)(=O)c3ccc(Cl)cc3)ccc2s1. The number of rotatable bonds is 5. The van der Waals surface area contributed by atoms with E-state index < -0.39 is 10.0 Å². The van der Waals surface area contributed by atoms with Crippen LogP contribution in [0.3, 0.4) is 0 Å². The van der Waals surface area contributed by atoms with Crippen molar-refractivity contribution < 1.29 is 13.2 Å². The van der Waals surface area contributed by atoms with E-state index in [0.29, 0.717) is 15.6 Å². The molecule has 0 aliphatic rings. The highest BCUT2D eigenvalue weighted by molar-refractivity contribution is 9.10. The van der Waals surface area contributed by atoms with Crippen LogP contribution in [-0.4, -0.2) is 21.4 Å². The summed E-state index contributed by atoms with van der Waals surface area (Å²) in [5.41, 5.74) is 3.22. The summed E-state index contributed by atoms with van der Waals surface area (Å²) in [6, 6.07) is 17.1. The summed E-state index contributed by atoms with van der Waals surface area (Å²) in [4.78, 5) is 13.6. The van der Waals surface area contributed by atoms with Gasteiger partial charge in [0.25, 0.3) is 15.9 Å². The number of thiophene rings is 1. The van der Waals surface area contributed by atoms with E-state index in [0.717, 1.165) is 31.4 Å². The Kier molecular flexibility index (Phi) is 6.55. The molecule has 3 aromatic carbocycles. The molecule has 0 aliphatic carbocycles. The lowest BCUT2D eigenvalue weighted by Gasteiger charge is -2.19. The van der Waals surface area contributed by atoms with Crippen LogP contribution in [0.1, 0.15) is 20.8 Å². The van der Waals surface area contributed by atoms with E-state index in [-0.39, 0.29) is 10.8 Å². The Morgan fingerprint density at radius 3 is 2.27 bits per heavy atom. The predicted octanol–water partition coefficient (Wildman–Crippen LogP) is 7.01. The summed E-state index contributed by atoms with van der Waals surface area (Å²) in [6.07, 6.45) is 0. The average Bonchev–Trinajstić information content (AvgIpc) is 3.19. The van der Waals surface area contributed by atoms with Crippen LogP contribution in [0, 0.1) is 13.8 Å². The molecule has 0 fully saturated rings. The molecule has 33 heavy (non-hydrogen) atoms. The smallest absolute Gasteiger partial charge is 0.265 e. The first-order chi connectivity index (χ1) is 15.6. The van der Waals surface area contributed by atoms with Gasteiger partial charge < -0.3 is 5.32 Å². The van der Waals surface area contributed by atoms with E-state index in [1.54, 1.807) is 30.3 Å². The van der Waals surface area contributed by atoms with Gasteiger partial charge in [-0.05, 0) is 91.0 Å². The van der Waals surface area contributed by atoms with Gasteiger partial charge in [-0.15, -0.1) is 11.3 Å². The van der Waals surface area contributed by atoms with Crippen molar-refractivity contribution in [1.82, 2.24) is 0 Å². The van der Waals surface area contributed by atoms with E-state index in [2.05, 4.69) is 21.2 Å². The van der Waals surface area contributed by atoms with Gasteiger partial charge in [0.15, 0.2) is 0 Å². The molecule has 4 rings (SSSR count). The highest BCUT2D eigenvalue weighted by Crippen LogP contribution is 2.32. The number of amides is 1. The molecule has 1 amide bonds. The van der Waals surface area contributed by atoms with Gasteiger partial charge >= 0.3 is 0 Å². The first kappa shape index (κ1) is 23.8. The topological polar surface area (TPSA) is 66.5 Å². The minimum Gasteiger partial charge on any atom is -0.321 e. The third-order valence-corrected chi connectivity index (χ3v) is 8.92. The molecule has 0 radical (unpaired) electrons. The summed E-state index contributed by atoms with van der Waals surface area (Å²) in [7, 11) is -2.24. The van der Waals surface area contributed by atoms with Crippen LogP contribution in [0.4, 0.5) is 11.4 Å². The highest BCUT2D eigenvalue weighted by Gasteiger charge is 2.22. The molecule has 0 bridgehead atoms. The minimum absolute atomic E-state index is 0.153. The molecular formula is C24H20BrClN2O3S2. The van der Waals surface area contributed by atoms with Crippen molar-refractivity contribution in [2.45, 2.75) is 18.7 Å². The van der Waals surface area contributed by atoms with Crippen LogP contribution in [0.2, 0.25) is 5.02 Å². The van der Waals surface area contributed by atoms with E-state index in [4.69, 9.17) is 11.6 Å². The Bertz CT molecular complexity index is 1460. The van der Waals surface area contributed by atoms with Gasteiger partial charge in [0, 0.05) is 26.9 Å². The molecule has 0 saturated carbocycles. The number of fused-ring (bicyclic) bond motifs is 1. The number of nitrogens with one attached hydrogen (secondary N) is 1. The molecule has 1 N–H and O–H groups in total. The van der Waals surface area contributed by atoms with Gasteiger partial charge in [-0.2, -0.15) is 0 Å².